The molecule has 2 aromatic rings. The highest BCUT2D eigenvalue weighted by atomic mass is 19.2. The predicted molar refractivity (Wildman–Crippen MR) is 99.1 cm³/mol. The number of hydrogen-bond acceptors (Lipinski definition) is 4. The van der Waals surface area contributed by atoms with Crippen molar-refractivity contribution in [3.63, 3.8) is 0 Å². The highest BCUT2D eigenvalue weighted by Gasteiger charge is 2.41. The molecule has 1 spiro atoms. The number of nitrogens with zero attached hydrogens (tertiary/aromatic N) is 4. The standard InChI is InChI=1S/C21H22F2N4/c22-18-4-1-3-17(20(18)23)13-26-9-2-6-21(14-26)7-10-27(15-21)19-11-16(12-24)5-8-25-19/h1,3-5,8,11H,2,6-7,9-10,13-15H2. The molecule has 4 rings (SSSR count). The molecule has 2 aliphatic heterocycles. The molecule has 2 aliphatic rings. The molecule has 0 aliphatic carbocycles. The van der Waals surface area contributed by atoms with Crippen molar-refractivity contribution in [2.45, 2.75) is 25.8 Å². The van der Waals surface area contributed by atoms with E-state index in [0.29, 0.717) is 17.7 Å². The van der Waals surface area contributed by atoms with Crippen LogP contribution < -0.4 is 4.90 Å². The van der Waals surface area contributed by atoms with E-state index in [0.717, 1.165) is 57.3 Å². The molecule has 0 radical (unpaired) electrons. The van der Waals surface area contributed by atoms with E-state index in [4.69, 9.17) is 5.26 Å². The van der Waals surface area contributed by atoms with E-state index in [2.05, 4.69) is 20.9 Å². The van der Waals surface area contributed by atoms with Crippen LogP contribution in [0.5, 0.6) is 0 Å². The minimum absolute atomic E-state index is 0.145. The fraction of sp³-hybridized carbons (Fsp3) is 0.429. The summed E-state index contributed by atoms with van der Waals surface area (Å²) in [6.45, 7) is 4.01. The number of nitriles is 1. The number of aromatic nitrogens is 1. The number of hydrogen-bond donors (Lipinski definition) is 0. The molecule has 1 atom stereocenters. The zero-order valence-electron chi connectivity index (χ0n) is 15.2. The summed E-state index contributed by atoms with van der Waals surface area (Å²) < 4.78 is 27.5. The fourth-order valence-corrected chi connectivity index (χ4v) is 4.48. The van der Waals surface area contributed by atoms with Gasteiger partial charge in [-0.3, -0.25) is 4.90 Å². The topological polar surface area (TPSA) is 43.2 Å². The normalized spacial score (nSPS) is 22.9. The number of rotatable bonds is 3. The molecule has 27 heavy (non-hydrogen) atoms. The Morgan fingerprint density at radius 3 is 2.89 bits per heavy atom. The molecule has 2 saturated heterocycles. The van der Waals surface area contributed by atoms with Gasteiger partial charge in [0, 0.05) is 43.4 Å². The van der Waals surface area contributed by atoms with Crippen molar-refractivity contribution >= 4 is 5.82 Å². The summed E-state index contributed by atoms with van der Waals surface area (Å²) in [5, 5.41) is 9.10. The molecule has 3 heterocycles. The van der Waals surface area contributed by atoms with Crippen LogP contribution in [0.2, 0.25) is 0 Å². The van der Waals surface area contributed by atoms with Gasteiger partial charge in [0.25, 0.3) is 0 Å². The molecule has 0 bridgehead atoms. The average Bonchev–Trinajstić information content (AvgIpc) is 3.09. The molecular weight excluding hydrogens is 346 g/mol. The van der Waals surface area contributed by atoms with Crippen LogP contribution in [0.4, 0.5) is 14.6 Å². The molecule has 0 saturated carbocycles. The Kier molecular flexibility index (Phi) is 4.79. The van der Waals surface area contributed by atoms with E-state index in [1.54, 1.807) is 24.4 Å². The largest absolute Gasteiger partial charge is 0.356 e. The first-order chi connectivity index (χ1) is 13.1. The summed E-state index contributed by atoms with van der Waals surface area (Å²) in [6.07, 6.45) is 4.91. The first-order valence-electron chi connectivity index (χ1n) is 9.35. The van der Waals surface area contributed by atoms with Crippen molar-refractivity contribution in [1.82, 2.24) is 9.88 Å². The smallest absolute Gasteiger partial charge is 0.163 e. The van der Waals surface area contributed by atoms with Gasteiger partial charge in [-0.2, -0.15) is 5.26 Å². The van der Waals surface area contributed by atoms with Gasteiger partial charge in [-0.05, 0) is 44.0 Å². The minimum Gasteiger partial charge on any atom is -0.356 e. The lowest BCUT2D eigenvalue weighted by atomic mass is 9.79. The molecule has 0 amide bonds. The highest BCUT2D eigenvalue weighted by molar-refractivity contribution is 5.46. The Morgan fingerprint density at radius 1 is 1.15 bits per heavy atom. The summed E-state index contributed by atoms with van der Waals surface area (Å²) in [5.41, 5.74) is 1.19. The molecule has 2 fully saturated rings. The van der Waals surface area contributed by atoms with Crippen LogP contribution in [0.25, 0.3) is 0 Å². The van der Waals surface area contributed by atoms with Gasteiger partial charge in [0.2, 0.25) is 0 Å². The van der Waals surface area contributed by atoms with Gasteiger partial charge in [-0.1, -0.05) is 12.1 Å². The van der Waals surface area contributed by atoms with Crippen molar-refractivity contribution < 1.29 is 8.78 Å². The van der Waals surface area contributed by atoms with Crippen LogP contribution in [0.15, 0.2) is 36.5 Å². The Morgan fingerprint density at radius 2 is 2.04 bits per heavy atom. The molecule has 4 nitrogen and oxygen atoms in total. The van der Waals surface area contributed by atoms with Crippen molar-refractivity contribution in [2.75, 3.05) is 31.1 Å². The van der Waals surface area contributed by atoms with Crippen molar-refractivity contribution in [3.8, 4) is 6.07 Å². The second kappa shape index (κ2) is 7.24. The molecule has 1 aromatic carbocycles. The second-order valence-corrected chi connectivity index (χ2v) is 7.71. The number of piperidine rings is 1. The van der Waals surface area contributed by atoms with Gasteiger partial charge >= 0.3 is 0 Å². The lowest BCUT2D eigenvalue weighted by Gasteiger charge is -2.40. The van der Waals surface area contributed by atoms with Crippen LogP contribution in [0.1, 0.15) is 30.4 Å². The maximum absolute atomic E-state index is 14.0. The van der Waals surface area contributed by atoms with Crippen LogP contribution in [0.3, 0.4) is 0 Å². The number of halogens is 2. The molecule has 1 aromatic heterocycles. The molecule has 0 N–H and O–H groups in total. The Balaban J connectivity index is 1.46. The number of benzene rings is 1. The van der Waals surface area contributed by atoms with Crippen molar-refractivity contribution in [2.24, 2.45) is 5.41 Å². The predicted octanol–water partition coefficient (Wildman–Crippen LogP) is 3.72. The molecular formula is C21H22F2N4. The lowest BCUT2D eigenvalue weighted by molar-refractivity contribution is 0.0980. The third-order valence-corrected chi connectivity index (χ3v) is 5.80. The molecule has 140 valence electrons. The van der Waals surface area contributed by atoms with Crippen LogP contribution in [-0.2, 0) is 6.54 Å². The van der Waals surface area contributed by atoms with Gasteiger partial charge in [-0.25, -0.2) is 13.8 Å². The number of anilines is 1. The first kappa shape index (κ1) is 17.9. The van der Waals surface area contributed by atoms with E-state index >= 15 is 0 Å². The summed E-state index contributed by atoms with van der Waals surface area (Å²) in [6, 6.07) is 10.1. The number of likely N-dealkylation sites (tertiary alicyclic amines) is 1. The van der Waals surface area contributed by atoms with Gasteiger partial charge in [0.05, 0.1) is 11.6 Å². The highest BCUT2D eigenvalue weighted by Crippen LogP contribution is 2.40. The average molecular weight is 368 g/mol. The Bertz CT molecular complexity index is 879. The number of pyridine rings is 1. The molecule has 1 unspecified atom stereocenters. The minimum atomic E-state index is -0.783. The maximum Gasteiger partial charge on any atom is 0.163 e. The van der Waals surface area contributed by atoms with Crippen LogP contribution in [-0.4, -0.2) is 36.1 Å². The van der Waals surface area contributed by atoms with Crippen molar-refractivity contribution in [3.05, 3.63) is 59.3 Å². The monoisotopic (exact) mass is 368 g/mol. The zero-order valence-corrected chi connectivity index (χ0v) is 15.2. The zero-order chi connectivity index (χ0) is 18.9. The van der Waals surface area contributed by atoms with E-state index < -0.39 is 11.6 Å². The van der Waals surface area contributed by atoms with E-state index in [1.165, 1.54) is 0 Å². The first-order valence-corrected chi connectivity index (χ1v) is 9.35. The SMILES string of the molecule is N#Cc1ccnc(N2CCC3(CCCN(Cc4cccc(F)c4F)C3)C2)c1. The lowest BCUT2D eigenvalue weighted by Crippen LogP contribution is -2.44. The summed E-state index contributed by atoms with van der Waals surface area (Å²) in [7, 11) is 0. The van der Waals surface area contributed by atoms with E-state index in [1.807, 2.05) is 6.07 Å². The third-order valence-electron chi connectivity index (χ3n) is 5.80. The van der Waals surface area contributed by atoms with Gasteiger partial charge in [0.1, 0.15) is 5.82 Å². The van der Waals surface area contributed by atoms with Crippen molar-refractivity contribution in [1.29, 1.82) is 5.26 Å². The maximum atomic E-state index is 14.0. The Labute approximate surface area is 158 Å². The summed E-state index contributed by atoms with van der Waals surface area (Å²) in [4.78, 5) is 8.91. The third kappa shape index (κ3) is 3.65. The Hall–Kier alpha value is -2.52. The van der Waals surface area contributed by atoms with Gasteiger partial charge < -0.3 is 4.90 Å². The van der Waals surface area contributed by atoms with E-state index in [9.17, 15) is 8.78 Å². The summed E-state index contributed by atoms with van der Waals surface area (Å²) >= 11 is 0. The quantitative estimate of drug-likeness (QED) is 0.828. The van der Waals surface area contributed by atoms with Gasteiger partial charge in [-0.15, -0.1) is 0 Å². The summed E-state index contributed by atoms with van der Waals surface area (Å²) in [5.74, 6) is -0.670. The fourth-order valence-electron chi connectivity index (χ4n) is 4.48. The van der Waals surface area contributed by atoms with Crippen LogP contribution >= 0.6 is 0 Å². The van der Waals surface area contributed by atoms with Crippen LogP contribution in [0, 0.1) is 28.4 Å². The van der Waals surface area contributed by atoms with Gasteiger partial charge in [0.15, 0.2) is 11.6 Å². The second-order valence-electron chi connectivity index (χ2n) is 7.71. The molecule has 6 heteroatoms. The van der Waals surface area contributed by atoms with E-state index in [-0.39, 0.29) is 5.41 Å².